The Balaban J connectivity index is 2.14. The number of carbonyl (C=O) groups excluding carboxylic acids is 1. The fourth-order valence-corrected chi connectivity index (χ4v) is 3.05. The number of pyridine rings is 1. The summed E-state index contributed by atoms with van der Waals surface area (Å²) < 4.78 is 0.790. The van der Waals surface area contributed by atoms with Gasteiger partial charge in [-0.15, -0.1) is 11.3 Å². The van der Waals surface area contributed by atoms with Gasteiger partial charge in [0.15, 0.2) is 5.84 Å². The second-order valence-corrected chi connectivity index (χ2v) is 6.69. The molecule has 22 heavy (non-hydrogen) atoms. The molecular formula is C15H15N3O3S. The molecule has 0 saturated heterocycles. The molecule has 1 aliphatic rings. The number of aromatic nitrogens is 1. The van der Waals surface area contributed by atoms with Crippen LogP contribution in [0.3, 0.4) is 0 Å². The summed E-state index contributed by atoms with van der Waals surface area (Å²) in [5.74, 6) is -1.15. The van der Waals surface area contributed by atoms with Gasteiger partial charge in [0.05, 0.1) is 15.8 Å². The first kappa shape index (κ1) is 14.6. The van der Waals surface area contributed by atoms with Crippen LogP contribution in [-0.4, -0.2) is 33.3 Å². The van der Waals surface area contributed by atoms with E-state index in [0.29, 0.717) is 5.52 Å². The molecule has 0 saturated carbocycles. The van der Waals surface area contributed by atoms with Gasteiger partial charge < -0.3 is 10.4 Å². The largest absolute Gasteiger partial charge is 0.478 e. The first-order valence-corrected chi connectivity index (χ1v) is 7.74. The van der Waals surface area contributed by atoms with Crippen LogP contribution in [0.4, 0.5) is 0 Å². The van der Waals surface area contributed by atoms with E-state index in [1.165, 1.54) is 11.3 Å². The maximum absolute atomic E-state index is 12.2. The molecule has 1 amide bonds. The number of nitrogens with zero attached hydrogens (tertiary/aromatic N) is 2. The number of carboxylic acids is 1. The highest BCUT2D eigenvalue weighted by atomic mass is 32.1. The zero-order valence-electron chi connectivity index (χ0n) is 12.4. The number of amidine groups is 1. The second kappa shape index (κ2) is 4.88. The van der Waals surface area contributed by atoms with Gasteiger partial charge in [0.1, 0.15) is 11.2 Å². The summed E-state index contributed by atoms with van der Waals surface area (Å²) in [6, 6.07) is 3.39. The van der Waals surface area contributed by atoms with E-state index in [9.17, 15) is 14.7 Å². The highest BCUT2D eigenvalue weighted by molar-refractivity contribution is 7.17. The van der Waals surface area contributed by atoms with Crippen molar-refractivity contribution in [2.24, 2.45) is 10.9 Å². The SMILES string of the molecule is CC(C)C1(C)NC(c2nc3ccsc3cc2C(=O)O)=NC1=O. The van der Waals surface area contributed by atoms with Crippen LogP contribution < -0.4 is 5.32 Å². The first-order chi connectivity index (χ1) is 10.3. The maximum Gasteiger partial charge on any atom is 0.338 e. The van der Waals surface area contributed by atoms with Crippen molar-refractivity contribution in [3.8, 4) is 0 Å². The summed E-state index contributed by atoms with van der Waals surface area (Å²) >= 11 is 1.42. The number of amides is 1. The molecule has 0 aromatic carbocycles. The fraction of sp³-hybridized carbons (Fsp3) is 0.333. The minimum atomic E-state index is -1.09. The van der Waals surface area contributed by atoms with Crippen molar-refractivity contribution >= 4 is 39.3 Å². The molecule has 0 fully saturated rings. The molecule has 0 aliphatic carbocycles. The molecule has 2 aromatic heterocycles. The van der Waals surface area contributed by atoms with Crippen molar-refractivity contribution in [3.63, 3.8) is 0 Å². The number of hydrogen-bond acceptors (Lipinski definition) is 5. The number of aliphatic imine (C=N–C) groups is 1. The van der Waals surface area contributed by atoms with Gasteiger partial charge in [-0.05, 0) is 30.4 Å². The lowest BCUT2D eigenvalue weighted by atomic mass is 9.88. The molecule has 6 nitrogen and oxygen atoms in total. The molecule has 7 heteroatoms. The molecule has 2 N–H and O–H groups in total. The number of nitrogens with one attached hydrogen (secondary N) is 1. The van der Waals surface area contributed by atoms with Crippen LogP contribution in [0.5, 0.6) is 0 Å². The Morgan fingerprint density at radius 1 is 1.45 bits per heavy atom. The molecule has 1 aliphatic heterocycles. The Bertz CT molecular complexity index is 825. The van der Waals surface area contributed by atoms with Crippen LogP contribution in [0.25, 0.3) is 10.2 Å². The molecule has 0 bridgehead atoms. The van der Waals surface area contributed by atoms with Gasteiger partial charge in [-0.1, -0.05) is 13.8 Å². The Labute approximate surface area is 130 Å². The Hall–Kier alpha value is -2.28. The molecule has 0 spiro atoms. The number of carbonyl (C=O) groups is 2. The summed E-state index contributed by atoms with van der Waals surface area (Å²) in [5.41, 5.74) is 0.106. The minimum absolute atomic E-state index is 0.0133. The summed E-state index contributed by atoms with van der Waals surface area (Å²) in [6.07, 6.45) is 0. The predicted octanol–water partition coefficient (Wildman–Crippen LogP) is 2.29. The van der Waals surface area contributed by atoms with Gasteiger partial charge in [-0.3, -0.25) is 4.79 Å². The van der Waals surface area contributed by atoms with E-state index in [0.717, 1.165) is 4.70 Å². The van der Waals surface area contributed by atoms with Crippen molar-refractivity contribution in [3.05, 3.63) is 28.8 Å². The Morgan fingerprint density at radius 2 is 2.18 bits per heavy atom. The minimum Gasteiger partial charge on any atom is -0.478 e. The van der Waals surface area contributed by atoms with Crippen LogP contribution in [0.15, 0.2) is 22.5 Å². The van der Waals surface area contributed by atoms with Gasteiger partial charge in [-0.25, -0.2) is 9.78 Å². The predicted molar refractivity (Wildman–Crippen MR) is 84.5 cm³/mol. The van der Waals surface area contributed by atoms with E-state index in [1.807, 2.05) is 25.3 Å². The summed E-state index contributed by atoms with van der Waals surface area (Å²) in [7, 11) is 0. The number of rotatable bonds is 3. The summed E-state index contributed by atoms with van der Waals surface area (Å²) in [4.78, 5) is 32.1. The van der Waals surface area contributed by atoms with Crippen molar-refractivity contribution in [1.82, 2.24) is 10.3 Å². The Morgan fingerprint density at radius 3 is 2.77 bits per heavy atom. The molecular weight excluding hydrogens is 302 g/mol. The summed E-state index contributed by atoms with van der Waals surface area (Å²) in [6.45, 7) is 5.59. The van der Waals surface area contributed by atoms with Gasteiger partial charge in [0.2, 0.25) is 0 Å². The quantitative estimate of drug-likeness (QED) is 0.906. The summed E-state index contributed by atoms with van der Waals surface area (Å²) in [5, 5.41) is 14.3. The second-order valence-electron chi connectivity index (χ2n) is 5.74. The monoisotopic (exact) mass is 317 g/mol. The number of thiophene rings is 1. The number of hydrogen-bond donors (Lipinski definition) is 2. The van der Waals surface area contributed by atoms with E-state index in [2.05, 4.69) is 15.3 Å². The lowest BCUT2D eigenvalue weighted by Gasteiger charge is -2.27. The Kier molecular flexibility index (Phi) is 3.25. The molecule has 0 radical (unpaired) electrons. The van der Waals surface area contributed by atoms with Gasteiger partial charge in [0.25, 0.3) is 5.91 Å². The third-order valence-corrected chi connectivity index (χ3v) is 4.93. The van der Waals surface area contributed by atoms with E-state index >= 15 is 0 Å². The normalized spacial score (nSPS) is 21.3. The standard InChI is InChI=1S/C15H15N3O3S/c1-7(2)15(3)14(21)17-12(18-15)11-8(13(19)20)6-10-9(16-11)4-5-22-10/h4-7H,1-3H3,(H,19,20)(H,17,18,21). The number of aromatic carboxylic acids is 1. The molecule has 3 rings (SSSR count). The molecule has 3 heterocycles. The zero-order valence-corrected chi connectivity index (χ0v) is 13.2. The van der Waals surface area contributed by atoms with Gasteiger partial charge in [0, 0.05) is 0 Å². The van der Waals surface area contributed by atoms with Crippen LogP contribution in [-0.2, 0) is 4.79 Å². The van der Waals surface area contributed by atoms with Crippen molar-refractivity contribution in [2.75, 3.05) is 0 Å². The molecule has 1 atom stereocenters. The van der Waals surface area contributed by atoms with Crippen LogP contribution in [0.2, 0.25) is 0 Å². The highest BCUT2D eigenvalue weighted by Gasteiger charge is 2.43. The third-order valence-electron chi connectivity index (χ3n) is 4.08. The lowest BCUT2D eigenvalue weighted by Crippen LogP contribution is -2.50. The van der Waals surface area contributed by atoms with E-state index < -0.39 is 11.5 Å². The molecule has 114 valence electrons. The van der Waals surface area contributed by atoms with Crippen LogP contribution >= 0.6 is 11.3 Å². The average molecular weight is 317 g/mol. The topological polar surface area (TPSA) is 91.7 Å². The fourth-order valence-electron chi connectivity index (χ4n) is 2.29. The molecule has 1 unspecified atom stereocenters. The maximum atomic E-state index is 12.2. The average Bonchev–Trinajstić information content (AvgIpc) is 3.02. The van der Waals surface area contributed by atoms with Crippen molar-refractivity contribution in [2.45, 2.75) is 26.3 Å². The smallest absolute Gasteiger partial charge is 0.338 e. The van der Waals surface area contributed by atoms with Crippen LogP contribution in [0.1, 0.15) is 36.8 Å². The molecule has 2 aromatic rings. The van der Waals surface area contributed by atoms with Crippen LogP contribution in [0, 0.1) is 5.92 Å². The van der Waals surface area contributed by atoms with Crippen molar-refractivity contribution in [1.29, 1.82) is 0 Å². The number of carboxylic acid groups (broad SMARTS) is 1. The first-order valence-electron chi connectivity index (χ1n) is 6.86. The van der Waals surface area contributed by atoms with Crippen molar-refractivity contribution < 1.29 is 14.7 Å². The highest BCUT2D eigenvalue weighted by Crippen LogP contribution is 2.27. The number of fused-ring (bicyclic) bond motifs is 1. The van der Waals surface area contributed by atoms with Gasteiger partial charge >= 0.3 is 5.97 Å². The van der Waals surface area contributed by atoms with Gasteiger partial charge in [-0.2, -0.15) is 4.99 Å². The van der Waals surface area contributed by atoms with E-state index in [1.54, 1.807) is 13.0 Å². The third kappa shape index (κ3) is 2.09. The lowest BCUT2D eigenvalue weighted by molar-refractivity contribution is -0.123. The van der Waals surface area contributed by atoms with E-state index in [4.69, 9.17) is 0 Å². The zero-order chi connectivity index (χ0) is 16.1. The van der Waals surface area contributed by atoms with E-state index in [-0.39, 0.29) is 28.9 Å².